The number of hydrogen-bond donors (Lipinski definition) is 1. The van der Waals surface area contributed by atoms with E-state index in [0.717, 1.165) is 12.1 Å². The quantitative estimate of drug-likeness (QED) is 0.897. The number of nitriles is 1. The lowest BCUT2D eigenvalue weighted by Gasteiger charge is -2.09. The van der Waals surface area contributed by atoms with E-state index in [9.17, 15) is 21.6 Å². The maximum absolute atomic E-state index is 11.9. The van der Waals surface area contributed by atoms with Gasteiger partial charge in [0.15, 0.2) is 0 Å². The average Bonchev–Trinajstić information content (AvgIpc) is 2.26. The molecule has 0 amide bonds. The van der Waals surface area contributed by atoms with Crippen LogP contribution >= 0.6 is 0 Å². The monoisotopic (exact) mass is 264 g/mol. The lowest BCUT2D eigenvalue weighted by molar-refractivity contribution is -0.121. The van der Waals surface area contributed by atoms with Crippen LogP contribution in [0, 0.1) is 11.3 Å². The van der Waals surface area contributed by atoms with Gasteiger partial charge in [-0.05, 0) is 18.2 Å². The molecular formula is C9H7F3N2O2S. The van der Waals surface area contributed by atoms with Crippen molar-refractivity contribution in [3.05, 3.63) is 29.8 Å². The molecule has 8 heteroatoms. The fourth-order valence-electron chi connectivity index (χ4n) is 0.993. The zero-order chi connectivity index (χ0) is 13.1. The van der Waals surface area contributed by atoms with Gasteiger partial charge in [-0.1, -0.05) is 6.07 Å². The number of nitrogens with zero attached hydrogens (tertiary/aromatic N) is 1. The van der Waals surface area contributed by atoms with Gasteiger partial charge in [0.05, 0.1) is 16.5 Å². The molecule has 0 saturated heterocycles. The Morgan fingerprint density at radius 3 is 2.53 bits per heavy atom. The summed E-state index contributed by atoms with van der Waals surface area (Å²) in [5.74, 6) is 0. The van der Waals surface area contributed by atoms with E-state index in [-0.39, 0.29) is 10.5 Å². The van der Waals surface area contributed by atoms with E-state index in [0.29, 0.717) is 0 Å². The van der Waals surface area contributed by atoms with Crippen molar-refractivity contribution in [3.63, 3.8) is 0 Å². The Kier molecular flexibility index (Phi) is 3.75. The summed E-state index contributed by atoms with van der Waals surface area (Å²) in [5, 5.41) is 8.54. The zero-order valence-corrected chi connectivity index (χ0v) is 9.14. The number of benzene rings is 1. The van der Waals surface area contributed by atoms with Crippen LogP contribution in [0.15, 0.2) is 29.2 Å². The number of nitrogens with one attached hydrogen (secondary N) is 1. The summed E-state index contributed by atoms with van der Waals surface area (Å²) in [5.41, 5.74) is 0.0554. The van der Waals surface area contributed by atoms with E-state index in [4.69, 9.17) is 5.26 Å². The van der Waals surface area contributed by atoms with Crippen LogP contribution in [0.2, 0.25) is 0 Å². The van der Waals surface area contributed by atoms with Crippen LogP contribution in [0.5, 0.6) is 0 Å². The highest BCUT2D eigenvalue weighted by molar-refractivity contribution is 7.89. The lowest BCUT2D eigenvalue weighted by Crippen LogP contribution is -2.33. The maximum atomic E-state index is 11.9. The fraction of sp³-hybridized carbons (Fsp3) is 0.222. The average molecular weight is 264 g/mol. The van der Waals surface area contributed by atoms with Gasteiger partial charge >= 0.3 is 6.18 Å². The lowest BCUT2D eigenvalue weighted by atomic mass is 10.2. The first-order valence-electron chi connectivity index (χ1n) is 4.31. The third-order valence-electron chi connectivity index (χ3n) is 1.74. The molecule has 0 spiro atoms. The van der Waals surface area contributed by atoms with Gasteiger partial charge in [0.1, 0.15) is 6.54 Å². The molecule has 0 saturated carbocycles. The Balaban J connectivity index is 2.94. The van der Waals surface area contributed by atoms with Crippen molar-refractivity contribution >= 4 is 10.0 Å². The van der Waals surface area contributed by atoms with E-state index in [1.165, 1.54) is 16.9 Å². The standard InChI is InChI=1S/C9H7F3N2O2S/c10-9(11,12)6-14-17(15,16)8-3-1-2-7(4-8)5-13/h1-4,14H,6H2. The molecule has 1 rings (SSSR count). The third-order valence-corrected chi connectivity index (χ3v) is 3.13. The normalized spacial score (nSPS) is 12.1. The molecule has 1 N–H and O–H groups in total. The molecular weight excluding hydrogens is 257 g/mol. The van der Waals surface area contributed by atoms with Crippen molar-refractivity contribution in [2.24, 2.45) is 0 Å². The Labute approximate surface area is 95.7 Å². The first-order valence-corrected chi connectivity index (χ1v) is 5.79. The van der Waals surface area contributed by atoms with Crippen LogP contribution in [0.3, 0.4) is 0 Å². The second kappa shape index (κ2) is 4.73. The zero-order valence-electron chi connectivity index (χ0n) is 8.32. The van der Waals surface area contributed by atoms with E-state index >= 15 is 0 Å². The van der Waals surface area contributed by atoms with Gasteiger partial charge in [0, 0.05) is 0 Å². The molecule has 0 radical (unpaired) electrons. The molecule has 0 aliphatic rings. The van der Waals surface area contributed by atoms with E-state index in [2.05, 4.69) is 0 Å². The van der Waals surface area contributed by atoms with Crippen LogP contribution in [-0.4, -0.2) is 21.1 Å². The topological polar surface area (TPSA) is 70.0 Å². The highest BCUT2D eigenvalue weighted by Crippen LogP contribution is 2.15. The number of hydrogen-bond acceptors (Lipinski definition) is 3. The Hall–Kier alpha value is -1.59. The van der Waals surface area contributed by atoms with E-state index in [1.54, 1.807) is 6.07 Å². The van der Waals surface area contributed by atoms with Gasteiger partial charge in [0.2, 0.25) is 10.0 Å². The molecule has 0 aromatic heterocycles. The van der Waals surface area contributed by atoms with Gasteiger partial charge in [-0.15, -0.1) is 0 Å². The Morgan fingerprint density at radius 2 is 2.00 bits per heavy atom. The molecule has 0 unspecified atom stereocenters. The predicted octanol–water partition coefficient (Wildman–Crippen LogP) is 1.40. The van der Waals surface area contributed by atoms with Crippen molar-refractivity contribution in [1.29, 1.82) is 5.26 Å². The van der Waals surface area contributed by atoms with Crippen molar-refractivity contribution in [1.82, 2.24) is 4.72 Å². The SMILES string of the molecule is N#Cc1cccc(S(=O)(=O)NCC(F)(F)F)c1. The number of sulfonamides is 1. The number of halogens is 3. The maximum Gasteiger partial charge on any atom is 0.402 e. The van der Waals surface area contributed by atoms with Gasteiger partial charge in [-0.2, -0.15) is 18.4 Å². The highest BCUT2D eigenvalue weighted by atomic mass is 32.2. The molecule has 0 bridgehead atoms. The van der Waals surface area contributed by atoms with Gasteiger partial charge in [-0.3, -0.25) is 0 Å². The molecule has 0 heterocycles. The van der Waals surface area contributed by atoms with Gasteiger partial charge in [0.25, 0.3) is 0 Å². The summed E-state index contributed by atoms with van der Waals surface area (Å²) in [6, 6.07) is 6.44. The van der Waals surface area contributed by atoms with Crippen LogP contribution in [-0.2, 0) is 10.0 Å². The predicted molar refractivity (Wildman–Crippen MR) is 52.4 cm³/mol. The van der Waals surface area contributed by atoms with Crippen LogP contribution in [0.1, 0.15) is 5.56 Å². The molecule has 1 aromatic carbocycles. The first kappa shape index (κ1) is 13.5. The first-order chi connectivity index (χ1) is 7.74. The minimum absolute atomic E-state index is 0.0554. The fourth-order valence-corrected chi connectivity index (χ4v) is 2.05. The smallest absolute Gasteiger partial charge is 0.207 e. The number of alkyl halides is 3. The Morgan fingerprint density at radius 1 is 1.35 bits per heavy atom. The summed E-state index contributed by atoms with van der Waals surface area (Å²) in [4.78, 5) is -0.374. The molecule has 0 atom stereocenters. The second-order valence-electron chi connectivity index (χ2n) is 3.08. The van der Waals surface area contributed by atoms with Crippen LogP contribution in [0.4, 0.5) is 13.2 Å². The molecule has 17 heavy (non-hydrogen) atoms. The highest BCUT2D eigenvalue weighted by Gasteiger charge is 2.30. The van der Waals surface area contributed by atoms with Crippen molar-refractivity contribution in [2.45, 2.75) is 11.1 Å². The molecule has 0 aliphatic carbocycles. The summed E-state index contributed by atoms with van der Waals surface area (Å²) in [6.07, 6.45) is -4.63. The van der Waals surface area contributed by atoms with Gasteiger partial charge in [-0.25, -0.2) is 13.1 Å². The summed E-state index contributed by atoms with van der Waals surface area (Å²) in [6.45, 7) is -1.65. The van der Waals surface area contributed by atoms with Crippen LogP contribution < -0.4 is 4.72 Å². The van der Waals surface area contributed by atoms with E-state index < -0.39 is 22.7 Å². The number of rotatable bonds is 3. The molecule has 1 aromatic rings. The van der Waals surface area contributed by atoms with Crippen molar-refractivity contribution < 1.29 is 21.6 Å². The minimum atomic E-state index is -4.63. The molecule has 0 aliphatic heterocycles. The summed E-state index contributed by atoms with van der Waals surface area (Å²) < 4.78 is 59.9. The second-order valence-corrected chi connectivity index (χ2v) is 4.85. The Bertz CT molecular complexity index is 546. The summed E-state index contributed by atoms with van der Waals surface area (Å²) >= 11 is 0. The van der Waals surface area contributed by atoms with Gasteiger partial charge < -0.3 is 0 Å². The molecule has 92 valence electrons. The van der Waals surface area contributed by atoms with Crippen molar-refractivity contribution in [2.75, 3.05) is 6.54 Å². The molecule has 4 nitrogen and oxygen atoms in total. The largest absolute Gasteiger partial charge is 0.402 e. The van der Waals surface area contributed by atoms with Crippen LogP contribution in [0.25, 0.3) is 0 Å². The van der Waals surface area contributed by atoms with E-state index in [1.807, 2.05) is 0 Å². The third kappa shape index (κ3) is 4.05. The molecule has 0 fully saturated rings. The minimum Gasteiger partial charge on any atom is -0.207 e. The van der Waals surface area contributed by atoms with Crippen molar-refractivity contribution in [3.8, 4) is 6.07 Å². The summed E-state index contributed by atoms with van der Waals surface area (Å²) in [7, 11) is -4.25.